The molecular weight excluding hydrogens is 380 g/mol. The summed E-state index contributed by atoms with van der Waals surface area (Å²) in [6.45, 7) is 5.08. The lowest BCUT2D eigenvalue weighted by atomic mass is 9.91. The van der Waals surface area contributed by atoms with Crippen LogP contribution in [0.2, 0.25) is 0 Å². The van der Waals surface area contributed by atoms with Crippen molar-refractivity contribution < 1.29 is 24.2 Å². The van der Waals surface area contributed by atoms with Gasteiger partial charge in [0, 0.05) is 23.7 Å². The summed E-state index contributed by atoms with van der Waals surface area (Å²) in [7, 11) is 0. The van der Waals surface area contributed by atoms with Gasteiger partial charge in [0.05, 0.1) is 17.4 Å². The molecule has 1 aromatic rings. The highest BCUT2D eigenvalue weighted by atomic mass is 32.2. The van der Waals surface area contributed by atoms with Crippen LogP contribution in [-0.2, 0) is 14.3 Å². The molecule has 2 aliphatic heterocycles. The maximum atomic E-state index is 12.6. The molecule has 8 heteroatoms. The van der Waals surface area contributed by atoms with Gasteiger partial charge in [-0.2, -0.15) is 0 Å². The average Bonchev–Trinajstić information content (AvgIpc) is 2.69. The zero-order valence-corrected chi connectivity index (χ0v) is 16.1. The van der Waals surface area contributed by atoms with E-state index in [1.165, 1.54) is 41.1 Å². The van der Waals surface area contributed by atoms with Crippen molar-refractivity contribution in [2.45, 2.75) is 18.4 Å². The fraction of sp³-hybridized carbons (Fsp3) is 0.300. The molecule has 3 atom stereocenters. The second kappa shape index (κ2) is 8.53. The highest BCUT2D eigenvalue weighted by Gasteiger charge is 2.55. The van der Waals surface area contributed by atoms with Crippen molar-refractivity contribution in [1.82, 2.24) is 9.88 Å². The molecule has 28 heavy (non-hydrogen) atoms. The number of carbonyl (C=O) groups is 3. The number of aromatic nitrogens is 1. The fourth-order valence-corrected chi connectivity index (χ4v) is 4.58. The number of carbonyl (C=O) groups excluding carboxylic acids is 3. The predicted molar refractivity (Wildman–Crippen MR) is 104 cm³/mol. The van der Waals surface area contributed by atoms with Crippen LogP contribution in [0.1, 0.15) is 17.3 Å². The molecule has 3 rings (SSSR count). The number of thioether (sulfide) groups is 1. The molecular formula is C20H20N2O5S. The van der Waals surface area contributed by atoms with Crippen molar-refractivity contribution in [3.63, 3.8) is 0 Å². The van der Waals surface area contributed by atoms with Gasteiger partial charge in [-0.25, -0.2) is 4.79 Å². The minimum absolute atomic E-state index is 0.00755. The van der Waals surface area contributed by atoms with Crippen LogP contribution < -0.4 is 0 Å². The lowest BCUT2D eigenvalue weighted by Crippen LogP contribution is -2.64. The number of ketones is 1. The number of pyridine rings is 1. The van der Waals surface area contributed by atoms with Crippen LogP contribution in [-0.4, -0.2) is 56.5 Å². The van der Waals surface area contributed by atoms with Crippen LogP contribution in [0.3, 0.4) is 0 Å². The van der Waals surface area contributed by atoms with E-state index in [1.807, 2.05) is 0 Å². The summed E-state index contributed by atoms with van der Waals surface area (Å²) < 4.78 is 5.14. The van der Waals surface area contributed by atoms with Crippen molar-refractivity contribution in [2.75, 3.05) is 12.4 Å². The molecule has 0 spiro atoms. The first-order valence-electron chi connectivity index (χ1n) is 8.72. The van der Waals surface area contributed by atoms with Gasteiger partial charge >= 0.3 is 5.97 Å². The van der Waals surface area contributed by atoms with E-state index in [4.69, 9.17) is 4.74 Å². The van der Waals surface area contributed by atoms with Crippen LogP contribution in [0, 0.1) is 5.92 Å². The van der Waals surface area contributed by atoms with Crippen molar-refractivity contribution in [2.24, 2.45) is 5.92 Å². The molecule has 2 aliphatic rings. The standard InChI is InChI=1S/C20H20N2O5S/c1-3-9-27-20(26)17-14(6-7-15(24)13-5-4-8-21-10-13)11-28-19-16(12(2)23)18(25)22(17)19/h3-8,10,12,16,19,23H,1,9,11H2,2H3/b7-6+/t12-,16+,19-/m1/s1. The lowest BCUT2D eigenvalue weighted by Gasteiger charge is -2.50. The Balaban J connectivity index is 1.90. The molecule has 146 valence electrons. The van der Waals surface area contributed by atoms with Crippen LogP contribution >= 0.6 is 11.8 Å². The zero-order valence-electron chi connectivity index (χ0n) is 15.3. The highest BCUT2D eigenvalue weighted by molar-refractivity contribution is 8.00. The van der Waals surface area contributed by atoms with Gasteiger partial charge in [0.25, 0.3) is 0 Å². The number of fused-ring (bicyclic) bond motifs is 1. The molecule has 0 bridgehead atoms. The van der Waals surface area contributed by atoms with E-state index >= 15 is 0 Å². The van der Waals surface area contributed by atoms with Crippen LogP contribution in [0.4, 0.5) is 0 Å². The first-order chi connectivity index (χ1) is 13.5. The monoisotopic (exact) mass is 400 g/mol. The quantitative estimate of drug-likeness (QED) is 0.245. The molecule has 1 N–H and O–H groups in total. The molecule has 1 aromatic heterocycles. The SMILES string of the molecule is C=CCOC(=O)C1=C(/C=C/C(=O)c2cccnc2)CS[C@@H]2[C@@H]([C@@H](C)O)C(=O)N12. The number of esters is 1. The van der Waals surface area contributed by atoms with Gasteiger partial charge in [-0.05, 0) is 30.7 Å². The Hall–Kier alpha value is -2.71. The van der Waals surface area contributed by atoms with Crippen molar-refractivity contribution in [3.8, 4) is 0 Å². The van der Waals surface area contributed by atoms with Gasteiger partial charge in [-0.1, -0.05) is 18.7 Å². The minimum atomic E-state index is -0.809. The number of hydrogen-bond donors (Lipinski definition) is 1. The van der Waals surface area contributed by atoms with Crippen molar-refractivity contribution in [3.05, 3.63) is 66.2 Å². The van der Waals surface area contributed by atoms with Crippen molar-refractivity contribution in [1.29, 1.82) is 0 Å². The van der Waals surface area contributed by atoms with Gasteiger partial charge in [-0.15, -0.1) is 11.8 Å². The van der Waals surface area contributed by atoms with E-state index < -0.39 is 18.0 Å². The second-order valence-corrected chi connectivity index (χ2v) is 7.48. The number of aliphatic hydroxyl groups excluding tert-OH is 1. The van der Waals surface area contributed by atoms with Crippen LogP contribution in [0.5, 0.6) is 0 Å². The van der Waals surface area contributed by atoms with E-state index in [0.717, 1.165) is 0 Å². The zero-order chi connectivity index (χ0) is 20.3. The van der Waals surface area contributed by atoms with Gasteiger partial charge in [0.2, 0.25) is 5.91 Å². The lowest BCUT2D eigenvalue weighted by molar-refractivity contribution is -0.158. The number of β-lactam (4-membered cyclic amide) rings is 1. The second-order valence-electron chi connectivity index (χ2n) is 6.38. The third-order valence-corrected chi connectivity index (χ3v) is 5.79. The number of rotatable bonds is 7. The maximum Gasteiger partial charge on any atom is 0.355 e. The Morgan fingerprint density at radius 2 is 2.32 bits per heavy atom. The van der Waals surface area contributed by atoms with Gasteiger partial charge in [0.1, 0.15) is 12.3 Å². The molecule has 1 amide bonds. The maximum absolute atomic E-state index is 12.6. The molecule has 1 fully saturated rings. The third-order valence-electron chi connectivity index (χ3n) is 4.47. The Labute approximate surface area is 166 Å². The highest BCUT2D eigenvalue weighted by Crippen LogP contribution is 2.45. The van der Waals surface area contributed by atoms with E-state index in [0.29, 0.717) is 16.9 Å². The Kier molecular flexibility index (Phi) is 6.11. The Morgan fingerprint density at radius 1 is 1.54 bits per heavy atom. The summed E-state index contributed by atoms with van der Waals surface area (Å²) >= 11 is 1.44. The van der Waals surface area contributed by atoms with E-state index in [1.54, 1.807) is 25.3 Å². The number of aliphatic hydroxyl groups is 1. The minimum Gasteiger partial charge on any atom is -0.457 e. The van der Waals surface area contributed by atoms with Crippen molar-refractivity contribution >= 4 is 29.4 Å². The molecule has 0 saturated carbocycles. The predicted octanol–water partition coefficient (Wildman–Crippen LogP) is 1.72. The Morgan fingerprint density at radius 3 is 2.96 bits per heavy atom. The summed E-state index contributed by atoms with van der Waals surface area (Å²) in [5.74, 6) is -1.40. The Bertz CT molecular complexity index is 863. The van der Waals surface area contributed by atoms with Gasteiger partial charge in [0.15, 0.2) is 5.78 Å². The molecule has 7 nitrogen and oxygen atoms in total. The van der Waals surface area contributed by atoms with Gasteiger partial charge in [-0.3, -0.25) is 19.5 Å². The number of allylic oxidation sites excluding steroid dienone is 2. The smallest absolute Gasteiger partial charge is 0.355 e. The number of hydrogen-bond acceptors (Lipinski definition) is 7. The van der Waals surface area contributed by atoms with Crippen LogP contribution in [0.15, 0.2) is 60.6 Å². The molecule has 0 aliphatic carbocycles. The number of nitrogens with zero attached hydrogens (tertiary/aromatic N) is 2. The van der Waals surface area contributed by atoms with E-state index in [2.05, 4.69) is 11.6 Å². The molecule has 0 radical (unpaired) electrons. The number of ether oxygens (including phenoxy) is 1. The largest absolute Gasteiger partial charge is 0.457 e. The first kappa shape index (κ1) is 20.0. The first-order valence-corrected chi connectivity index (χ1v) is 9.77. The fourth-order valence-electron chi connectivity index (χ4n) is 3.09. The van der Waals surface area contributed by atoms with E-state index in [-0.39, 0.29) is 29.4 Å². The summed E-state index contributed by atoms with van der Waals surface area (Å²) in [5, 5.41) is 9.52. The average molecular weight is 400 g/mol. The summed E-state index contributed by atoms with van der Waals surface area (Å²) in [6.07, 6.45) is 6.54. The summed E-state index contributed by atoms with van der Waals surface area (Å²) in [4.78, 5) is 42.7. The molecule has 3 heterocycles. The summed E-state index contributed by atoms with van der Waals surface area (Å²) in [5.41, 5.74) is 1.05. The summed E-state index contributed by atoms with van der Waals surface area (Å²) in [6, 6.07) is 3.31. The normalized spacial score (nSPS) is 22.5. The topological polar surface area (TPSA) is 96.8 Å². The molecule has 1 saturated heterocycles. The van der Waals surface area contributed by atoms with E-state index in [9.17, 15) is 19.5 Å². The molecule has 0 unspecified atom stereocenters. The molecule has 0 aromatic carbocycles. The van der Waals surface area contributed by atoms with Gasteiger partial charge < -0.3 is 9.84 Å². The van der Waals surface area contributed by atoms with Crippen LogP contribution in [0.25, 0.3) is 0 Å². The third kappa shape index (κ3) is 3.79. The number of amides is 1.